The molecule has 0 saturated heterocycles. The average molecular weight is 373 g/mol. The summed E-state index contributed by atoms with van der Waals surface area (Å²) in [5.74, 6) is 0. The molecule has 106 valence electrons. The van der Waals surface area contributed by atoms with Gasteiger partial charge in [0.25, 0.3) is 10.0 Å². The Morgan fingerprint density at radius 3 is 2.80 bits per heavy atom. The van der Waals surface area contributed by atoms with Gasteiger partial charge in [0.05, 0.1) is 5.69 Å². The number of hydrogen-bond donors (Lipinski definition) is 1. The molecule has 3 rings (SSSR count). The average Bonchev–Trinajstić information content (AvgIpc) is 2.84. The molecule has 0 spiro atoms. The van der Waals surface area contributed by atoms with Crippen LogP contribution in [0.4, 0.5) is 11.4 Å². The highest BCUT2D eigenvalue weighted by atomic mass is 79.9. The zero-order valence-electron chi connectivity index (χ0n) is 10.5. The van der Waals surface area contributed by atoms with E-state index in [0.717, 1.165) is 24.1 Å². The Morgan fingerprint density at radius 2 is 2.10 bits per heavy atom. The Balaban J connectivity index is 2.11. The number of nitrogen functional groups attached to an aromatic ring is 1. The van der Waals surface area contributed by atoms with Gasteiger partial charge in [-0.15, -0.1) is 11.3 Å². The second-order valence-corrected chi connectivity index (χ2v) is 8.45. The van der Waals surface area contributed by atoms with E-state index < -0.39 is 10.0 Å². The van der Waals surface area contributed by atoms with Crippen LogP contribution in [-0.4, -0.2) is 15.0 Å². The lowest BCUT2D eigenvalue weighted by Gasteiger charge is -2.30. The van der Waals surface area contributed by atoms with Gasteiger partial charge < -0.3 is 5.73 Å². The first-order chi connectivity index (χ1) is 9.50. The number of sulfonamides is 1. The van der Waals surface area contributed by atoms with Crippen molar-refractivity contribution in [1.29, 1.82) is 0 Å². The number of fused-ring (bicyclic) bond motifs is 1. The number of anilines is 2. The molecule has 0 atom stereocenters. The van der Waals surface area contributed by atoms with Gasteiger partial charge in [-0.25, -0.2) is 8.42 Å². The fraction of sp³-hybridized carbons (Fsp3) is 0.231. The molecule has 0 amide bonds. The largest absolute Gasteiger partial charge is 0.399 e. The first kappa shape index (κ1) is 13.9. The van der Waals surface area contributed by atoms with E-state index in [-0.39, 0.29) is 0 Å². The van der Waals surface area contributed by atoms with Crippen LogP contribution in [0.1, 0.15) is 12.0 Å². The number of benzene rings is 1. The predicted molar refractivity (Wildman–Crippen MR) is 85.7 cm³/mol. The molecule has 7 heteroatoms. The van der Waals surface area contributed by atoms with E-state index in [9.17, 15) is 8.42 Å². The molecule has 0 aliphatic carbocycles. The van der Waals surface area contributed by atoms with Gasteiger partial charge >= 0.3 is 0 Å². The third-order valence-electron chi connectivity index (χ3n) is 3.29. The smallest absolute Gasteiger partial charge is 0.274 e. The number of hydrogen-bond acceptors (Lipinski definition) is 4. The van der Waals surface area contributed by atoms with E-state index in [1.54, 1.807) is 23.6 Å². The summed E-state index contributed by atoms with van der Waals surface area (Å²) in [6.45, 7) is 0.504. The number of thiophene rings is 1. The summed E-state index contributed by atoms with van der Waals surface area (Å²) in [6, 6.07) is 7.16. The summed E-state index contributed by atoms with van der Waals surface area (Å²) in [5, 5.41) is 1.77. The molecule has 2 aromatic rings. The monoisotopic (exact) mass is 372 g/mol. The van der Waals surface area contributed by atoms with E-state index in [1.807, 2.05) is 6.07 Å². The third kappa shape index (κ3) is 2.23. The number of halogens is 1. The van der Waals surface area contributed by atoms with E-state index in [1.165, 1.54) is 15.6 Å². The lowest BCUT2D eigenvalue weighted by atomic mass is 10.0. The normalized spacial score (nSPS) is 15.2. The highest BCUT2D eigenvalue weighted by Gasteiger charge is 2.31. The van der Waals surface area contributed by atoms with Gasteiger partial charge in [0.15, 0.2) is 4.21 Å². The van der Waals surface area contributed by atoms with Crippen molar-refractivity contribution >= 4 is 48.7 Å². The van der Waals surface area contributed by atoms with Crippen LogP contribution in [0.3, 0.4) is 0 Å². The molecule has 4 nitrogen and oxygen atoms in total. The molecule has 0 bridgehead atoms. The summed E-state index contributed by atoms with van der Waals surface area (Å²) in [6.07, 6.45) is 1.66. The van der Waals surface area contributed by atoms with Crippen molar-refractivity contribution in [1.82, 2.24) is 0 Å². The molecule has 1 aliphatic heterocycles. The van der Waals surface area contributed by atoms with Gasteiger partial charge in [0.2, 0.25) is 0 Å². The quantitative estimate of drug-likeness (QED) is 0.822. The van der Waals surface area contributed by atoms with Crippen molar-refractivity contribution in [2.75, 3.05) is 16.6 Å². The van der Waals surface area contributed by atoms with Crippen LogP contribution in [0.2, 0.25) is 0 Å². The van der Waals surface area contributed by atoms with Gasteiger partial charge in [-0.05, 0) is 64.0 Å². The van der Waals surface area contributed by atoms with Gasteiger partial charge in [-0.1, -0.05) is 0 Å². The van der Waals surface area contributed by atoms with Crippen molar-refractivity contribution < 1.29 is 8.42 Å². The van der Waals surface area contributed by atoms with Crippen LogP contribution in [-0.2, 0) is 16.4 Å². The minimum absolute atomic E-state index is 0.349. The van der Waals surface area contributed by atoms with Crippen LogP contribution in [0.5, 0.6) is 0 Å². The first-order valence-electron chi connectivity index (χ1n) is 6.14. The standard InChI is InChI=1S/C13H13BrN2O2S2/c14-11-5-7-19-13(11)20(17,18)16-6-1-2-9-8-10(15)3-4-12(9)16/h3-5,7-8H,1-2,6,15H2. The summed E-state index contributed by atoms with van der Waals surface area (Å²) >= 11 is 4.53. The van der Waals surface area contributed by atoms with Crippen LogP contribution in [0.15, 0.2) is 38.3 Å². The maximum absolute atomic E-state index is 12.8. The molecule has 0 fully saturated rings. The summed E-state index contributed by atoms with van der Waals surface area (Å²) in [5.41, 5.74) is 8.18. The number of nitrogens with two attached hydrogens (primary N) is 1. The Hall–Kier alpha value is -1.05. The zero-order chi connectivity index (χ0) is 14.3. The molecular weight excluding hydrogens is 360 g/mol. The fourth-order valence-corrected chi connectivity index (χ4v) is 6.35. The predicted octanol–water partition coefficient (Wildman–Crippen LogP) is 3.23. The van der Waals surface area contributed by atoms with Crippen LogP contribution >= 0.6 is 27.3 Å². The second kappa shape index (κ2) is 5.05. The van der Waals surface area contributed by atoms with Gasteiger partial charge in [-0.3, -0.25) is 4.31 Å². The van der Waals surface area contributed by atoms with Crippen molar-refractivity contribution in [2.45, 2.75) is 17.1 Å². The molecule has 1 aliphatic rings. The van der Waals surface area contributed by atoms with Crippen LogP contribution in [0.25, 0.3) is 0 Å². The Bertz CT molecular complexity index is 755. The van der Waals surface area contributed by atoms with Gasteiger partial charge in [0.1, 0.15) is 0 Å². The summed E-state index contributed by atoms with van der Waals surface area (Å²) in [7, 11) is -3.51. The molecule has 20 heavy (non-hydrogen) atoms. The van der Waals surface area contributed by atoms with Crippen LogP contribution < -0.4 is 10.0 Å². The Kier molecular flexibility index (Phi) is 3.51. The summed E-state index contributed by atoms with van der Waals surface area (Å²) in [4.78, 5) is 0. The topological polar surface area (TPSA) is 63.4 Å². The van der Waals surface area contributed by atoms with Crippen LogP contribution in [0, 0.1) is 0 Å². The molecule has 0 saturated carbocycles. The SMILES string of the molecule is Nc1ccc2c(c1)CCCN2S(=O)(=O)c1sccc1Br. The van der Waals surface area contributed by atoms with E-state index >= 15 is 0 Å². The third-order valence-corrected chi connectivity index (χ3v) is 7.75. The maximum Gasteiger partial charge on any atom is 0.274 e. The maximum atomic E-state index is 12.8. The Labute approximate surface area is 130 Å². The highest BCUT2D eigenvalue weighted by molar-refractivity contribution is 9.10. The van der Waals surface area contributed by atoms with Gasteiger partial charge in [-0.2, -0.15) is 0 Å². The second-order valence-electron chi connectivity index (χ2n) is 4.62. The molecule has 2 heterocycles. The van der Waals surface area contributed by atoms with E-state index in [4.69, 9.17) is 5.73 Å². The molecule has 1 aromatic carbocycles. The molecule has 0 radical (unpaired) electrons. The first-order valence-corrected chi connectivity index (χ1v) is 9.25. The number of rotatable bonds is 2. The highest BCUT2D eigenvalue weighted by Crippen LogP contribution is 2.37. The van der Waals surface area contributed by atoms with E-state index in [0.29, 0.717) is 20.9 Å². The van der Waals surface area contributed by atoms with Crippen molar-refractivity contribution in [3.8, 4) is 0 Å². The molecule has 1 aromatic heterocycles. The summed E-state index contributed by atoms with van der Waals surface area (Å²) < 4.78 is 28.0. The fourth-order valence-electron chi connectivity index (χ4n) is 2.40. The Morgan fingerprint density at radius 1 is 1.30 bits per heavy atom. The van der Waals surface area contributed by atoms with E-state index in [2.05, 4.69) is 15.9 Å². The molecule has 0 unspecified atom stereocenters. The van der Waals surface area contributed by atoms with Crippen molar-refractivity contribution in [2.24, 2.45) is 0 Å². The lowest BCUT2D eigenvalue weighted by Crippen LogP contribution is -2.35. The van der Waals surface area contributed by atoms with Gasteiger partial charge in [0, 0.05) is 16.7 Å². The number of aryl methyl sites for hydroxylation is 1. The zero-order valence-corrected chi connectivity index (χ0v) is 13.8. The van der Waals surface area contributed by atoms with Crippen molar-refractivity contribution in [3.05, 3.63) is 39.7 Å². The molecular formula is C13H13BrN2O2S2. The minimum atomic E-state index is -3.51. The minimum Gasteiger partial charge on any atom is -0.399 e. The lowest BCUT2D eigenvalue weighted by molar-refractivity contribution is 0.588. The molecule has 2 N–H and O–H groups in total. The van der Waals surface area contributed by atoms with Crippen molar-refractivity contribution in [3.63, 3.8) is 0 Å². The number of nitrogens with zero attached hydrogens (tertiary/aromatic N) is 1.